The fourth-order valence-electron chi connectivity index (χ4n) is 3.70. The molecule has 1 N–H and O–H groups in total. The lowest BCUT2D eigenvalue weighted by Gasteiger charge is -2.22. The summed E-state index contributed by atoms with van der Waals surface area (Å²) in [6, 6.07) is 14.8. The fraction of sp³-hybridized carbons (Fsp3) is 0.333. The highest BCUT2D eigenvalue weighted by atomic mass is 32.2. The Hall–Kier alpha value is -2.79. The summed E-state index contributed by atoms with van der Waals surface area (Å²) < 4.78 is 0. The molecule has 4 nitrogen and oxygen atoms in total. The molecule has 2 aromatic heterocycles. The molecule has 168 valence electrons. The SMILES string of the molecule is C=C(Nc1cnc(C)c(-c2ccnc(N(CC)CCCCC)c2)c1)c1cccc(SC)c1. The van der Waals surface area contributed by atoms with Crippen molar-refractivity contribution in [2.45, 2.75) is 44.9 Å². The number of aromatic nitrogens is 2. The minimum Gasteiger partial charge on any atom is -0.357 e. The summed E-state index contributed by atoms with van der Waals surface area (Å²) in [5.74, 6) is 1.03. The van der Waals surface area contributed by atoms with Crippen molar-refractivity contribution in [1.29, 1.82) is 0 Å². The quantitative estimate of drug-likeness (QED) is 0.248. The van der Waals surface area contributed by atoms with Gasteiger partial charge in [0.15, 0.2) is 0 Å². The predicted molar refractivity (Wildman–Crippen MR) is 140 cm³/mol. The van der Waals surface area contributed by atoms with Crippen molar-refractivity contribution >= 4 is 29.0 Å². The third-order valence-corrected chi connectivity index (χ3v) is 6.32. The van der Waals surface area contributed by atoms with Gasteiger partial charge in [0.1, 0.15) is 5.82 Å². The Morgan fingerprint density at radius 3 is 2.69 bits per heavy atom. The number of anilines is 2. The number of rotatable bonds is 11. The minimum absolute atomic E-state index is 0.862. The van der Waals surface area contributed by atoms with Gasteiger partial charge in [0.25, 0.3) is 0 Å². The third-order valence-electron chi connectivity index (χ3n) is 5.59. The first-order chi connectivity index (χ1) is 15.5. The van der Waals surface area contributed by atoms with Gasteiger partial charge in [-0.25, -0.2) is 4.98 Å². The van der Waals surface area contributed by atoms with Crippen molar-refractivity contribution < 1.29 is 0 Å². The first kappa shape index (κ1) is 23.9. The first-order valence-electron chi connectivity index (χ1n) is 11.3. The van der Waals surface area contributed by atoms with E-state index in [0.29, 0.717) is 0 Å². The van der Waals surface area contributed by atoms with Gasteiger partial charge in [0.2, 0.25) is 0 Å². The summed E-state index contributed by atoms with van der Waals surface area (Å²) in [5.41, 5.74) is 6.11. The Morgan fingerprint density at radius 1 is 1.09 bits per heavy atom. The highest BCUT2D eigenvalue weighted by Crippen LogP contribution is 2.29. The summed E-state index contributed by atoms with van der Waals surface area (Å²) in [6.07, 6.45) is 9.51. The second-order valence-corrected chi connectivity index (χ2v) is 8.76. The lowest BCUT2D eigenvalue weighted by molar-refractivity contribution is 0.680. The average Bonchev–Trinajstić information content (AvgIpc) is 2.83. The Labute approximate surface area is 197 Å². The molecule has 0 unspecified atom stereocenters. The Bertz CT molecular complexity index is 1050. The van der Waals surface area contributed by atoms with Gasteiger partial charge in [0, 0.05) is 41.1 Å². The molecule has 32 heavy (non-hydrogen) atoms. The maximum absolute atomic E-state index is 4.65. The molecule has 0 aliphatic carbocycles. The maximum atomic E-state index is 4.65. The summed E-state index contributed by atoms with van der Waals surface area (Å²) in [4.78, 5) is 12.9. The Balaban J connectivity index is 1.83. The van der Waals surface area contributed by atoms with Crippen LogP contribution in [0.1, 0.15) is 44.4 Å². The largest absolute Gasteiger partial charge is 0.357 e. The lowest BCUT2D eigenvalue weighted by Crippen LogP contribution is -2.24. The molecule has 0 atom stereocenters. The number of thioether (sulfide) groups is 1. The number of nitrogens with one attached hydrogen (secondary N) is 1. The first-order valence-corrected chi connectivity index (χ1v) is 12.6. The molecule has 0 radical (unpaired) electrons. The van der Waals surface area contributed by atoms with Crippen molar-refractivity contribution in [3.63, 3.8) is 0 Å². The second kappa shape index (κ2) is 11.7. The topological polar surface area (TPSA) is 41.1 Å². The molecular weight excluding hydrogens is 412 g/mol. The van der Waals surface area contributed by atoms with E-state index in [1.54, 1.807) is 11.8 Å². The number of hydrogen-bond donors (Lipinski definition) is 1. The van der Waals surface area contributed by atoms with E-state index in [2.05, 4.69) is 96.3 Å². The van der Waals surface area contributed by atoms with Crippen LogP contribution in [0.25, 0.3) is 16.8 Å². The van der Waals surface area contributed by atoms with Gasteiger partial charge in [-0.2, -0.15) is 0 Å². The van der Waals surface area contributed by atoms with Crippen LogP contribution in [0.5, 0.6) is 0 Å². The highest BCUT2D eigenvalue weighted by Gasteiger charge is 2.11. The molecule has 0 aliphatic heterocycles. The minimum atomic E-state index is 0.862. The molecular formula is C27H34N4S. The van der Waals surface area contributed by atoms with Gasteiger partial charge in [-0.1, -0.05) is 38.5 Å². The van der Waals surface area contributed by atoms with E-state index in [1.807, 2.05) is 12.4 Å². The fourth-order valence-corrected chi connectivity index (χ4v) is 4.16. The van der Waals surface area contributed by atoms with E-state index in [-0.39, 0.29) is 0 Å². The van der Waals surface area contributed by atoms with Crippen LogP contribution in [0.2, 0.25) is 0 Å². The zero-order valence-electron chi connectivity index (χ0n) is 19.7. The average molecular weight is 447 g/mol. The van der Waals surface area contributed by atoms with Gasteiger partial charge in [0.05, 0.1) is 11.9 Å². The van der Waals surface area contributed by atoms with Crippen molar-refractivity contribution in [2.24, 2.45) is 0 Å². The summed E-state index contributed by atoms with van der Waals surface area (Å²) >= 11 is 1.73. The van der Waals surface area contributed by atoms with Gasteiger partial charge in [-0.05, 0) is 68.0 Å². The van der Waals surface area contributed by atoms with Crippen LogP contribution in [0.3, 0.4) is 0 Å². The van der Waals surface area contributed by atoms with E-state index in [9.17, 15) is 0 Å². The van der Waals surface area contributed by atoms with Crippen LogP contribution in [-0.4, -0.2) is 29.3 Å². The molecule has 0 saturated carbocycles. The summed E-state index contributed by atoms with van der Waals surface area (Å²) in [5, 5.41) is 3.44. The summed E-state index contributed by atoms with van der Waals surface area (Å²) in [7, 11) is 0. The number of hydrogen-bond acceptors (Lipinski definition) is 5. The van der Waals surface area contributed by atoms with Gasteiger partial charge in [-0.3, -0.25) is 4.98 Å². The number of benzene rings is 1. The highest BCUT2D eigenvalue weighted by molar-refractivity contribution is 7.98. The van der Waals surface area contributed by atoms with Crippen molar-refractivity contribution in [3.8, 4) is 11.1 Å². The van der Waals surface area contributed by atoms with Crippen LogP contribution in [0, 0.1) is 6.92 Å². The second-order valence-electron chi connectivity index (χ2n) is 7.88. The Morgan fingerprint density at radius 2 is 1.94 bits per heavy atom. The number of aryl methyl sites for hydroxylation is 1. The molecule has 5 heteroatoms. The molecule has 2 heterocycles. The zero-order valence-corrected chi connectivity index (χ0v) is 20.5. The van der Waals surface area contributed by atoms with Crippen LogP contribution in [0.15, 0.2) is 66.3 Å². The molecule has 0 spiro atoms. The van der Waals surface area contributed by atoms with E-state index in [4.69, 9.17) is 0 Å². The molecule has 3 aromatic rings. The van der Waals surface area contributed by atoms with Crippen LogP contribution < -0.4 is 10.2 Å². The zero-order chi connectivity index (χ0) is 22.9. The molecule has 0 saturated heterocycles. The van der Waals surface area contributed by atoms with Crippen molar-refractivity contribution in [3.05, 3.63) is 72.7 Å². The van der Waals surface area contributed by atoms with Crippen LogP contribution in [-0.2, 0) is 0 Å². The molecule has 0 fully saturated rings. The van der Waals surface area contributed by atoms with Crippen LogP contribution in [0.4, 0.5) is 11.5 Å². The van der Waals surface area contributed by atoms with Crippen molar-refractivity contribution in [1.82, 2.24) is 9.97 Å². The van der Waals surface area contributed by atoms with Crippen LogP contribution >= 0.6 is 11.8 Å². The monoisotopic (exact) mass is 446 g/mol. The maximum Gasteiger partial charge on any atom is 0.129 e. The molecule has 0 amide bonds. The van der Waals surface area contributed by atoms with Gasteiger partial charge >= 0.3 is 0 Å². The van der Waals surface area contributed by atoms with E-state index in [1.165, 1.54) is 24.2 Å². The van der Waals surface area contributed by atoms with E-state index >= 15 is 0 Å². The lowest BCUT2D eigenvalue weighted by atomic mass is 10.0. The summed E-state index contributed by atoms with van der Waals surface area (Å²) in [6.45, 7) is 12.7. The molecule has 0 aliphatic rings. The molecule has 3 rings (SSSR count). The third kappa shape index (κ3) is 6.13. The smallest absolute Gasteiger partial charge is 0.129 e. The van der Waals surface area contributed by atoms with E-state index < -0.39 is 0 Å². The molecule has 1 aromatic carbocycles. The van der Waals surface area contributed by atoms with Crippen molar-refractivity contribution in [2.75, 3.05) is 29.6 Å². The van der Waals surface area contributed by atoms with E-state index in [0.717, 1.165) is 52.7 Å². The molecule has 0 bridgehead atoms. The van der Waals surface area contributed by atoms with Gasteiger partial charge < -0.3 is 10.2 Å². The standard InChI is InChI=1S/C27H34N4S/c1-6-8-9-15-31(7-2)27-17-23(13-14-28-27)26-18-24(19-29-21(26)4)30-20(3)22-11-10-12-25(16-22)32-5/h10-14,16-19,30H,3,6-9,15H2,1-2,4-5H3. The number of pyridine rings is 2. The number of unbranched alkanes of at least 4 members (excludes halogenated alkanes) is 2. The Kier molecular flexibility index (Phi) is 8.74. The normalized spacial score (nSPS) is 10.8. The predicted octanol–water partition coefficient (Wildman–Crippen LogP) is 7.27. The number of nitrogens with zero attached hydrogens (tertiary/aromatic N) is 3. The van der Waals surface area contributed by atoms with Gasteiger partial charge in [-0.15, -0.1) is 11.8 Å².